The maximum absolute atomic E-state index is 12.6. The SMILES string of the molecule is C#CCN(CC=C=CCCCCCC)S(=O)(=O)c1ccc(C)cc1. The minimum absolute atomic E-state index is 0.0465. The fraction of sp³-hybridized carbons (Fsp3) is 0.450. The van der Waals surface area contributed by atoms with Crippen LogP contribution in [0.4, 0.5) is 0 Å². The molecule has 0 amide bonds. The quantitative estimate of drug-likeness (QED) is 0.360. The molecule has 0 aliphatic carbocycles. The predicted octanol–water partition coefficient (Wildman–Crippen LogP) is 4.30. The van der Waals surface area contributed by atoms with Gasteiger partial charge in [-0.25, -0.2) is 8.42 Å². The maximum Gasteiger partial charge on any atom is 0.244 e. The first kappa shape index (κ1) is 20.3. The van der Waals surface area contributed by atoms with E-state index in [0.29, 0.717) is 0 Å². The summed E-state index contributed by atoms with van der Waals surface area (Å²) in [6.07, 6.45) is 14.8. The summed E-state index contributed by atoms with van der Waals surface area (Å²) in [5, 5.41) is 0. The molecule has 24 heavy (non-hydrogen) atoms. The number of unbranched alkanes of at least 4 members (excludes halogenated alkanes) is 4. The first-order chi connectivity index (χ1) is 11.5. The summed E-state index contributed by atoms with van der Waals surface area (Å²) in [5.41, 5.74) is 4.08. The third-order valence-corrected chi connectivity index (χ3v) is 5.48. The van der Waals surface area contributed by atoms with Crippen LogP contribution in [0, 0.1) is 19.3 Å². The second kappa shape index (κ2) is 10.9. The number of sulfonamides is 1. The van der Waals surface area contributed by atoms with Gasteiger partial charge in [0.05, 0.1) is 11.4 Å². The van der Waals surface area contributed by atoms with E-state index in [1.54, 1.807) is 30.3 Å². The number of benzene rings is 1. The molecule has 0 saturated heterocycles. The van der Waals surface area contributed by atoms with E-state index in [9.17, 15) is 8.42 Å². The molecule has 1 rings (SSSR count). The summed E-state index contributed by atoms with van der Waals surface area (Å²) in [7, 11) is -3.58. The lowest BCUT2D eigenvalue weighted by Crippen LogP contribution is -2.31. The largest absolute Gasteiger partial charge is 0.244 e. The molecule has 0 bridgehead atoms. The molecular formula is C20H27NO2S. The Morgan fingerprint density at radius 3 is 2.46 bits per heavy atom. The average Bonchev–Trinajstić information content (AvgIpc) is 2.56. The first-order valence-corrected chi connectivity index (χ1v) is 9.86. The number of nitrogens with zero attached hydrogens (tertiary/aromatic N) is 1. The summed E-state index contributed by atoms with van der Waals surface area (Å²) < 4.78 is 26.6. The van der Waals surface area contributed by atoms with Crippen molar-refractivity contribution in [3.05, 3.63) is 47.7 Å². The van der Waals surface area contributed by atoms with Crippen LogP contribution in [0.25, 0.3) is 0 Å². The molecule has 0 unspecified atom stereocenters. The van der Waals surface area contributed by atoms with E-state index in [2.05, 4.69) is 18.6 Å². The molecule has 0 aliphatic rings. The second-order valence-corrected chi connectivity index (χ2v) is 7.68. The molecule has 0 heterocycles. The van der Waals surface area contributed by atoms with Crippen molar-refractivity contribution >= 4 is 10.0 Å². The monoisotopic (exact) mass is 345 g/mol. The second-order valence-electron chi connectivity index (χ2n) is 5.74. The molecule has 0 aromatic heterocycles. The van der Waals surface area contributed by atoms with Crippen LogP contribution in [0.15, 0.2) is 47.0 Å². The van der Waals surface area contributed by atoms with Crippen LogP contribution in [0.3, 0.4) is 0 Å². The van der Waals surface area contributed by atoms with Crippen molar-refractivity contribution in [2.24, 2.45) is 0 Å². The molecule has 0 radical (unpaired) electrons. The van der Waals surface area contributed by atoms with Gasteiger partial charge in [0.25, 0.3) is 0 Å². The summed E-state index contributed by atoms with van der Waals surface area (Å²) in [6.45, 7) is 4.38. The van der Waals surface area contributed by atoms with E-state index < -0.39 is 10.0 Å². The molecule has 0 aliphatic heterocycles. The molecule has 1 aromatic carbocycles. The molecule has 0 saturated carbocycles. The minimum atomic E-state index is -3.58. The summed E-state index contributed by atoms with van der Waals surface area (Å²) >= 11 is 0. The van der Waals surface area contributed by atoms with Gasteiger partial charge in [-0.3, -0.25) is 0 Å². The van der Waals surface area contributed by atoms with E-state index in [0.717, 1.165) is 18.4 Å². The minimum Gasteiger partial charge on any atom is -0.207 e. The van der Waals surface area contributed by atoms with Gasteiger partial charge in [0.15, 0.2) is 0 Å². The van der Waals surface area contributed by atoms with Crippen LogP contribution in [0.2, 0.25) is 0 Å². The third kappa shape index (κ3) is 6.76. The van der Waals surface area contributed by atoms with Crippen LogP contribution in [0.5, 0.6) is 0 Å². The van der Waals surface area contributed by atoms with Crippen LogP contribution < -0.4 is 0 Å². The third-order valence-electron chi connectivity index (χ3n) is 3.66. The highest BCUT2D eigenvalue weighted by Gasteiger charge is 2.22. The topological polar surface area (TPSA) is 37.4 Å². The fourth-order valence-electron chi connectivity index (χ4n) is 2.20. The van der Waals surface area contributed by atoms with Gasteiger partial charge >= 0.3 is 0 Å². The molecule has 0 fully saturated rings. The Bertz CT molecular complexity index is 690. The lowest BCUT2D eigenvalue weighted by molar-refractivity contribution is 0.478. The molecule has 4 heteroatoms. The zero-order chi connectivity index (χ0) is 17.8. The van der Waals surface area contributed by atoms with E-state index in [1.807, 2.05) is 13.0 Å². The Balaban J connectivity index is 2.71. The Kier molecular flexibility index (Phi) is 9.19. The van der Waals surface area contributed by atoms with Crippen molar-refractivity contribution in [2.45, 2.75) is 50.8 Å². The molecule has 130 valence electrons. The van der Waals surface area contributed by atoms with Gasteiger partial charge in [-0.15, -0.1) is 12.2 Å². The standard InChI is InChI=1S/C20H27NO2S/c1-4-6-7-8-9-10-11-12-18-21(17-5-2)24(22,23)20-15-13-19(3)14-16-20/h2,10,12-16H,4,6-9,17-18H2,1,3H3. The Labute approximate surface area is 147 Å². The first-order valence-electron chi connectivity index (χ1n) is 8.42. The Hall–Kier alpha value is -1.79. The van der Waals surface area contributed by atoms with Gasteiger partial charge in [0.1, 0.15) is 0 Å². The molecular weight excluding hydrogens is 318 g/mol. The molecule has 0 atom stereocenters. The van der Waals surface area contributed by atoms with E-state index in [4.69, 9.17) is 6.42 Å². The highest BCUT2D eigenvalue weighted by Crippen LogP contribution is 2.16. The van der Waals surface area contributed by atoms with Gasteiger partial charge in [-0.1, -0.05) is 49.8 Å². The van der Waals surface area contributed by atoms with Gasteiger partial charge < -0.3 is 0 Å². The number of terminal acetylenes is 1. The average molecular weight is 346 g/mol. The van der Waals surface area contributed by atoms with Crippen molar-refractivity contribution in [1.82, 2.24) is 4.31 Å². The van der Waals surface area contributed by atoms with Crippen molar-refractivity contribution in [2.75, 3.05) is 13.1 Å². The fourth-order valence-corrected chi connectivity index (χ4v) is 3.50. The van der Waals surface area contributed by atoms with E-state index >= 15 is 0 Å². The van der Waals surface area contributed by atoms with E-state index in [1.165, 1.54) is 23.6 Å². The number of aryl methyl sites for hydroxylation is 1. The van der Waals surface area contributed by atoms with Crippen molar-refractivity contribution < 1.29 is 8.42 Å². The molecule has 0 N–H and O–H groups in total. The smallest absolute Gasteiger partial charge is 0.207 e. The van der Waals surface area contributed by atoms with Crippen molar-refractivity contribution in [3.63, 3.8) is 0 Å². The van der Waals surface area contributed by atoms with Gasteiger partial charge in [0, 0.05) is 6.54 Å². The number of hydrogen-bond donors (Lipinski definition) is 0. The number of hydrogen-bond acceptors (Lipinski definition) is 2. The highest BCUT2D eigenvalue weighted by molar-refractivity contribution is 7.89. The van der Waals surface area contributed by atoms with Gasteiger partial charge in [0.2, 0.25) is 10.0 Å². The lowest BCUT2D eigenvalue weighted by Gasteiger charge is -2.17. The molecule has 0 spiro atoms. The molecule has 3 nitrogen and oxygen atoms in total. The Morgan fingerprint density at radius 2 is 1.83 bits per heavy atom. The van der Waals surface area contributed by atoms with Gasteiger partial charge in [-0.05, 0) is 44.1 Å². The zero-order valence-corrected chi connectivity index (χ0v) is 15.5. The van der Waals surface area contributed by atoms with Gasteiger partial charge in [-0.2, -0.15) is 4.31 Å². The van der Waals surface area contributed by atoms with Crippen LogP contribution in [-0.2, 0) is 10.0 Å². The van der Waals surface area contributed by atoms with Crippen molar-refractivity contribution in [1.29, 1.82) is 0 Å². The van der Waals surface area contributed by atoms with Crippen LogP contribution >= 0.6 is 0 Å². The van der Waals surface area contributed by atoms with Crippen LogP contribution in [-0.4, -0.2) is 25.8 Å². The van der Waals surface area contributed by atoms with Crippen LogP contribution in [0.1, 0.15) is 44.6 Å². The summed E-state index contributed by atoms with van der Waals surface area (Å²) in [6, 6.07) is 6.79. The summed E-state index contributed by atoms with van der Waals surface area (Å²) in [5.74, 6) is 2.42. The van der Waals surface area contributed by atoms with Crippen molar-refractivity contribution in [3.8, 4) is 12.3 Å². The highest BCUT2D eigenvalue weighted by atomic mass is 32.2. The predicted molar refractivity (Wildman–Crippen MR) is 100 cm³/mol. The summed E-state index contributed by atoms with van der Waals surface area (Å²) in [4.78, 5) is 0.264. The normalized spacial score (nSPS) is 10.9. The lowest BCUT2D eigenvalue weighted by atomic mass is 10.1. The molecule has 1 aromatic rings. The number of rotatable bonds is 10. The Morgan fingerprint density at radius 1 is 1.12 bits per heavy atom. The zero-order valence-electron chi connectivity index (χ0n) is 14.7. The van der Waals surface area contributed by atoms with E-state index in [-0.39, 0.29) is 18.0 Å². The maximum atomic E-state index is 12.6.